The van der Waals surface area contributed by atoms with Crippen molar-refractivity contribution >= 4 is 11.9 Å². The number of aliphatic imine (C=N–C) groups is 1. The number of benzene rings is 1. The second-order valence-corrected chi connectivity index (χ2v) is 8.59. The standard InChI is InChI=1S/C24H39N5O2/c1-3-26-23(30)18-31-22-13-7-9-19(15-22)16-27-24(25-2)28-20-10-8-14-29(17-20)21-11-5-4-6-12-21/h7,9,13,15,20-21H,3-6,8,10-12,14,16-18H2,1-2H3,(H,26,30)(H2,25,27,28). The van der Waals surface area contributed by atoms with Crippen molar-refractivity contribution in [3.05, 3.63) is 29.8 Å². The van der Waals surface area contributed by atoms with Gasteiger partial charge in [0.15, 0.2) is 12.6 Å². The van der Waals surface area contributed by atoms with Crippen LogP contribution in [-0.4, -0.2) is 62.1 Å². The molecule has 0 spiro atoms. The van der Waals surface area contributed by atoms with E-state index in [0.29, 0.717) is 24.9 Å². The fourth-order valence-corrected chi connectivity index (χ4v) is 4.62. The van der Waals surface area contributed by atoms with Crippen LogP contribution in [0.5, 0.6) is 5.75 Å². The second-order valence-electron chi connectivity index (χ2n) is 8.59. The predicted molar refractivity (Wildman–Crippen MR) is 125 cm³/mol. The van der Waals surface area contributed by atoms with Gasteiger partial charge in [0.1, 0.15) is 5.75 Å². The Hall–Kier alpha value is -2.28. The minimum atomic E-state index is -0.106. The van der Waals surface area contributed by atoms with Crippen molar-refractivity contribution in [1.29, 1.82) is 0 Å². The zero-order valence-electron chi connectivity index (χ0n) is 19.2. The van der Waals surface area contributed by atoms with E-state index in [4.69, 9.17) is 4.74 Å². The van der Waals surface area contributed by atoms with Crippen LogP contribution < -0.4 is 20.7 Å². The minimum absolute atomic E-state index is 0.0348. The lowest BCUT2D eigenvalue weighted by molar-refractivity contribution is -0.122. The summed E-state index contributed by atoms with van der Waals surface area (Å²) in [6, 6.07) is 9.04. The van der Waals surface area contributed by atoms with Crippen LogP contribution >= 0.6 is 0 Å². The molecule has 7 heteroatoms. The predicted octanol–water partition coefficient (Wildman–Crippen LogP) is 2.66. The molecule has 31 heavy (non-hydrogen) atoms. The van der Waals surface area contributed by atoms with E-state index in [2.05, 4.69) is 25.8 Å². The van der Waals surface area contributed by atoms with Crippen molar-refractivity contribution in [2.45, 2.75) is 70.5 Å². The molecule has 0 bridgehead atoms. The molecular formula is C24H39N5O2. The monoisotopic (exact) mass is 429 g/mol. The van der Waals surface area contributed by atoms with Crippen LogP contribution in [0.15, 0.2) is 29.3 Å². The fourth-order valence-electron chi connectivity index (χ4n) is 4.62. The van der Waals surface area contributed by atoms with E-state index in [1.165, 1.54) is 51.5 Å². The van der Waals surface area contributed by atoms with Gasteiger partial charge in [0.05, 0.1) is 0 Å². The minimum Gasteiger partial charge on any atom is -0.484 e. The highest BCUT2D eigenvalue weighted by Crippen LogP contribution is 2.25. The number of carbonyl (C=O) groups is 1. The normalized spacial score (nSPS) is 20.8. The topological polar surface area (TPSA) is 78.0 Å². The van der Waals surface area contributed by atoms with Gasteiger partial charge in [0, 0.05) is 38.8 Å². The average Bonchev–Trinajstić information content (AvgIpc) is 2.81. The van der Waals surface area contributed by atoms with Gasteiger partial charge in [-0.15, -0.1) is 0 Å². The Morgan fingerprint density at radius 1 is 1.16 bits per heavy atom. The molecule has 1 atom stereocenters. The Kier molecular flexibility index (Phi) is 9.46. The molecule has 3 rings (SSSR count). The van der Waals surface area contributed by atoms with E-state index in [1.807, 2.05) is 38.2 Å². The number of likely N-dealkylation sites (tertiary alicyclic amines) is 1. The fraction of sp³-hybridized carbons (Fsp3) is 0.667. The second kappa shape index (κ2) is 12.5. The van der Waals surface area contributed by atoms with Crippen molar-refractivity contribution in [2.24, 2.45) is 4.99 Å². The van der Waals surface area contributed by atoms with Gasteiger partial charge in [-0.25, -0.2) is 0 Å². The lowest BCUT2D eigenvalue weighted by Gasteiger charge is -2.40. The number of carbonyl (C=O) groups excluding carboxylic acids is 1. The van der Waals surface area contributed by atoms with Crippen LogP contribution in [0.2, 0.25) is 0 Å². The first-order valence-corrected chi connectivity index (χ1v) is 11.9. The molecule has 1 unspecified atom stereocenters. The molecule has 1 saturated heterocycles. The summed E-state index contributed by atoms with van der Waals surface area (Å²) in [6.45, 7) is 5.53. The number of nitrogens with one attached hydrogen (secondary N) is 3. The third-order valence-corrected chi connectivity index (χ3v) is 6.21. The van der Waals surface area contributed by atoms with Crippen molar-refractivity contribution in [3.8, 4) is 5.75 Å². The molecule has 1 aliphatic heterocycles. The number of likely N-dealkylation sites (N-methyl/N-ethyl adjacent to an activating group) is 1. The van der Waals surface area contributed by atoms with Crippen molar-refractivity contribution < 1.29 is 9.53 Å². The number of guanidine groups is 1. The van der Waals surface area contributed by atoms with E-state index in [0.717, 1.165) is 24.1 Å². The summed E-state index contributed by atoms with van der Waals surface area (Å²) in [5.41, 5.74) is 1.09. The highest BCUT2D eigenvalue weighted by molar-refractivity contribution is 5.80. The lowest BCUT2D eigenvalue weighted by Crippen LogP contribution is -2.53. The number of hydrogen-bond donors (Lipinski definition) is 3. The molecule has 7 nitrogen and oxygen atoms in total. The Balaban J connectivity index is 1.45. The lowest BCUT2D eigenvalue weighted by atomic mass is 9.92. The van der Waals surface area contributed by atoms with E-state index in [9.17, 15) is 4.79 Å². The zero-order valence-corrected chi connectivity index (χ0v) is 19.2. The van der Waals surface area contributed by atoms with E-state index in [1.54, 1.807) is 0 Å². The number of piperidine rings is 1. The van der Waals surface area contributed by atoms with Crippen molar-refractivity contribution in [1.82, 2.24) is 20.9 Å². The van der Waals surface area contributed by atoms with Crippen LogP contribution in [0.3, 0.4) is 0 Å². The van der Waals surface area contributed by atoms with Crippen LogP contribution in [0, 0.1) is 0 Å². The molecule has 172 valence electrons. The van der Waals surface area contributed by atoms with Crippen LogP contribution in [0.4, 0.5) is 0 Å². The van der Waals surface area contributed by atoms with Gasteiger partial charge in [-0.05, 0) is 56.8 Å². The van der Waals surface area contributed by atoms with Gasteiger partial charge < -0.3 is 20.7 Å². The van der Waals surface area contributed by atoms with E-state index in [-0.39, 0.29) is 12.5 Å². The quantitative estimate of drug-likeness (QED) is 0.437. The van der Waals surface area contributed by atoms with Crippen molar-refractivity contribution in [2.75, 3.05) is 33.3 Å². The SMILES string of the molecule is CCNC(=O)COc1cccc(CNC(=NC)NC2CCCN(C3CCCCC3)C2)c1. The first-order valence-electron chi connectivity index (χ1n) is 11.9. The number of nitrogens with zero attached hydrogens (tertiary/aromatic N) is 2. The summed E-state index contributed by atoms with van der Waals surface area (Å²) in [6.07, 6.45) is 9.32. The molecule has 1 aliphatic carbocycles. The maximum Gasteiger partial charge on any atom is 0.257 e. The maximum atomic E-state index is 11.6. The Morgan fingerprint density at radius 2 is 2.00 bits per heavy atom. The highest BCUT2D eigenvalue weighted by Gasteiger charge is 2.27. The average molecular weight is 430 g/mol. The smallest absolute Gasteiger partial charge is 0.257 e. The molecule has 1 heterocycles. The first-order chi connectivity index (χ1) is 15.2. The van der Waals surface area contributed by atoms with Gasteiger partial charge in [-0.3, -0.25) is 14.7 Å². The van der Waals surface area contributed by atoms with Gasteiger partial charge >= 0.3 is 0 Å². The molecule has 0 radical (unpaired) electrons. The summed E-state index contributed by atoms with van der Waals surface area (Å²) in [4.78, 5) is 18.7. The number of ether oxygens (including phenoxy) is 1. The first kappa shape index (κ1) is 23.4. The Morgan fingerprint density at radius 3 is 2.77 bits per heavy atom. The zero-order chi connectivity index (χ0) is 21.9. The third-order valence-electron chi connectivity index (χ3n) is 6.21. The van der Waals surface area contributed by atoms with Gasteiger partial charge in [0.2, 0.25) is 0 Å². The number of rotatable bonds is 8. The number of hydrogen-bond acceptors (Lipinski definition) is 4. The molecular weight excluding hydrogens is 390 g/mol. The molecule has 3 N–H and O–H groups in total. The molecule has 1 saturated carbocycles. The van der Waals surface area contributed by atoms with E-state index < -0.39 is 0 Å². The molecule has 0 aromatic heterocycles. The molecule has 1 aromatic carbocycles. The summed E-state index contributed by atoms with van der Waals surface area (Å²) in [5, 5.41) is 9.79. The Labute approximate surface area is 187 Å². The maximum absolute atomic E-state index is 11.6. The van der Waals surface area contributed by atoms with E-state index >= 15 is 0 Å². The summed E-state index contributed by atoms with van der Waals surface area (Å²) < 4.78 is 5.59. The van der Waals surface area contributed by atoms with Crippen LogP contribution in [0.25, 0.3) is 0 Å². The van der Waals surface area contributed by atoms with Gasteiger partial charge in [-0.1, -0.05) is 31.4 Å². The van der Waals surface area contributed by atoms with Crippen LogP contribution in [-0.2, 0) is 11.3 Å². The van der Waals surface area contributed by atoms with Crippen molar-refractivity contribution in [3.63, 3.8) is 0 Å². The highest BCUT2D eigenvalue weighted by atomic mass is 16.5. The van der Waals surface area contributed by atoms with Gasteiger partial charge in [0.25, 0.3) is 5.91 Å². The summed E-state index contributed by atoms with van der Waals surface area (Å²) in [7, 11) is 1.82. The largest absolute Gasteiger partial charge is 0.484 e. The summed E-state index contributed by atoms with van der Waals surface area (Å²) in [5.74, 6) is 1.43. The number of amides is 1. The Bertz CT molecular complexity index is 718. The molecule has 1 aromatic rings. The molecule has 2 fully saturated rings. The van der Waals surface area contributed by atoms with Crippen LogP contribution in [0.1, 0.15) is 57.4 Å². The summed E-state index contributed by atoms with van der Waals surface area (Å²) >= 11 is 0. The molecule has 1 amide bonds. The third kappa shape index (κ3) is 7.73. The molecule has 2 aliphatic rings. The van der Waals surface area contributed by atoms with Gasteiger partial charge in [-0.2, -0.15) is 0 Å².